The lowest BCUT2D eigenvalue weighted by Crippen LogP contribution is -2.13. The molecule has 0 spiro atoms. The lowest BCUT2D eigenvalue weighted by atomic mass is 10.2. The maximum Gasteiger partial charge on any atom is 0.263 e. The Morgan fingerprint density at radius 2 is 1.95 bits per heavy atom. The van der Waals surface area contributed by atoms with E-state index in [1.165, 1.54) is 30.3 Å². The highest BCUT2D eigenvalue weighted by Gasteiger charge is 2.19. The number of aromatic hydroxyl groups is 1. The summed E-state index contributed by atoms with van der Waals surface area (Å²) in [5, 5.41) is 18.4. The number of nitrogens with zero attached hydrogens (tertiary/aromatic N) is 1. The summed E-state index contributed by atoms with van der Waals surface area (Å²) in [5.74, 6) is -0.186. The summed E-state index contributed by atoms with van der Waals surface area (Å²) in [6.07, 6.45) is 0. The van der Waals surface area contributed by atoms with E-state index in [2.05, 4.69) is 4.72 Å². The van der Waals surface area contributed by atoms with Gasteiger partial charge in [0.25, 0.3) is 10.0 Å². The van der Waals surface area contributed by atoms with Gasteiger partial charge >= 0.3 is 0 Å². The van der Waals surface area contributed by atoms with Crippen LogP contribution in [0.3, 0.4) is 0 Å². The van der Waals surface area contributed by atoms with E-state index in [1.807, 2.05) is 6.07 Å². The number of phenolic OH excluding ortho intramolecular Hbond substituents is 1. The van der Waals surface area contributed by atoms with E-state index < -0.39 is 10.0 Å². The number of aryl methyl sites for hydroxylation is 1. The van der Waals surface area contributed by atoms with Crippen molar-refractivity contribution in [2.24, 2.45) is 0 Å². The molecule has 21 heavy (non-hydrogen) atoms. The second kappa shape index (κ2) is 5.64. The second-order valence-corrected chi connectivity index (χ2v) is 6.44. The summed E-state index contributed by atoms with van der Waals surface area (Å²) >= 11 is 5.90. The Morgan fingerprint density at radius 1 is 1.24 bits per heavy atom. The highest BCUT2D eigenvalue weighted by molar-refractivity contribution is 7.92. The molecule has 0 saturated heterocycles. The van der Waals surface area contributed by atoms with Crippen LogP contribution in [0, 0.1) is 18.3 Å². The van der Waals surface area contributed by atoms with Crippen molar-refractivity contribution in [2.45, 2.75) is 11.8 Å². The highest BCUT2D eigenvalue weighted by atomic mass is 35.5. The van der Waals surface area contributed by atoms with Gasteiger partial charge in [0.05, 0.1) is 22.3 Å². The van der Waals surface area contributed by atoms with Crippen molar-refractivity contribution >= 4 is 27.3 Å². The Labute approximate surface area is 127 Å². The van der Waals surface area contributed by atoms with E-state index in [0.717, 1.165) is 5.56 Å². The van der Waals surface area contributed by atoms with Gasteiger partial charge in [-0.25, -0.2) is 8.42 Å². The number of nitrogens with one attached hydrogen (secondary N) is 1. The fourth-order valence-electron chi connectivity index (χ4n) is 1.72. The van der Waals surface area contributed by atoms with Crippen molar-refractivity contribution in [1.29, 1.82) is 5.26 Å². The van der Waals surface area contributed by atoms with Crippen LogP contribution in [0.25, 0.3) is 0 Å². The maximum absolute atomic E-state index is 12.3. The summed E-state index contributed by atoms with van der Waals surface area (Å²) in [4.78, 5) is -0.163. The normalized spacial score (nSPS) is 10.9. The average Bonchev–Trinajstić information content (AvgIpc) is 2.42. The van der Waals surface area contributed by atoms with Crippen LogP contribution in [0.4, 0.5) is 5.69 Å². The molecule has 0 aliphatic heterocycles. The van der Waals surface area contributed by atoms with E-state index in [4.69, 9.17) is 16.9 Å². The summed E-state index contributed by atoms with van der Waals surface area (Å²) in [5.41, 5.74) is 1.12. The fourth-order valence-corrected chi connectivity index (χ4v) is 3.33. The largest absolute Gasteiger partial charge is 0.506 e. The zero-order valence-electron chi connectivity index (χ0n) is 11.0. The van der Waals surface area contributed by atoms with Crippen LogP contribution in [0.1, 0.15) is 11.1 Å². The van der Waals surface area contributed by atoms with Gasteiger partial charge in [0.2, 0.25) is 0 Å². The molecule has 2 N–H and O–H groups in total. The van der Waals surface area contributed by atoms with Crippen LogP contribution in [-0.2, 0) is 10.0 Å². The Balaban J connectivity index is 2.44. The minimum Gasteiger partial charge on any atom is -0.506 e. The Morgan fingerprint density at radius 3 is 2.57 bits per heavy atom. The second-order valence-electron chi connectivity index (χ2n) is 4.38. The number of hydrogen-bond donors (Lipinski definition) is 2. The van der Waals surface area contributed by atoms with Gasteiger partial charge in [-0.05, 0) is 42.8 Å². The first-order chi connectivity index (χ1) is 9.83. The summed E-state index contributed by atoms with van der Waals surface area (Å²) in [6, 6.07) is 10.3. The highest BCUT2D eigenvalue weighted by Crippen LogP contribution is 2.29. The van der Waals surface area contributed by atoms with Crippen molar-refractivity contribution in [1.82, 2.24) is 0 Å². The number of anilines is 1. The predicted octanol–water partition coefficient (Wildman–Crippen LogP) is 3.03. The molecule has 0 fully saturated rings. The molecule has 7 heteroatoms. The zero-order chi connectivity index (χ0) is 15.6. The van der Waals surface area contributed by atoms with Gasteiger partial charge in [0.15, 0.2) is 0 Å². The third-order valence-corrected chi connectivity index (χ3v) is 4.60. The zero-order valence-corrected chi connectivity index (χ0v) is 12.5. The number of benzene rings is 2. The van der Waals surface area contributed by atoms with Gasteiger partial charge in [0, 0.05) is 0 Å². The SMILES string of the molecule is Cc1ccc(O)c(NS(=O)(=O)c2ccc(C#N)cc2Cl)c1. The summed E-state index contributed by atoms with van der Waals surface area (Å²) in [7, 11) is -3.96. The number of phenols is 1. The molecule has 0 aliphatic carbocycles. The van der Waals surface area contributed by atoms with Crippen molar-refractivity contribution in [3.8, 4) is 11.8 Å². The van der Waals surface area contributed by atoms with Crippen LogP contribution in [0.15, 0.2) is 41.3 Å². The molecular formula is C14H11ClN2O3S. The number of rotatable bonds is 3. The predicted molar refractivity (Wildman–Crippen MR) is 79.8 cm³/mol. The molecule has 2 rings (SSSR count). The fraction of sp³-hybridized carbons (Fsp3) is 0.0714. The first kappa shape index (κ1) is 15.2. The van der Waals surface area contributed by atoms with E-state index in [0.29, 0.717) is 0 Å². The van der Waals surface area contributed by atoms with Crippen LogP contribution in [0.2, 0.25) is 5.02 Å². The monoisotopic (exact) mass is 322 g/mol. The topological polar surface area (TPSA) is 90.2 Å². The molecule has 5 nitrogen and oxygen atoms in total. The third kappa shape index (κ3) is 3.27. The number of nitriles is 1. The van der Waals surface area contributed by atoms with Crippen LogP contribution in [0.5, 0.6) is 5.75 Å². The van der Waals surface area contributed by atoms with Crippen LogP contribution in [-0.4, -0.2) is 13.5 Å². The molecule has 0 atom stereocenters. The van der Waals surface area contributed by atoms with Crippen LogP contribution >= 0.6 is 11.6 Å². The quantitative estimate of drug-likeness (QED) is 0.850. The molecule has 0 radical (unpaired) electrons. The molecule has 0 saturated carbocycles. The molecule has 0 aromatic heterocycles. The van der Waals surface area contributed by atoms with Crippen molar-refractivity contribution in [3.63, 3.8) is 0 Å². The molecule has 0 amide bonds. The summed E-state index contributed by atoms with van der Waals surface area (Å²) in [6.45, 7) is 1.77. The first-order valence-corrected chi connectivity index (χ1v) is 7.71. The lowest BCUT2D eigenvalue weighted by molar-refractivity contribution is 0.477. The maximum atomic E-state index is 12.3. The smallest absolute Gasteiger partial charge is 0.263 e. The first-order valence-electron chi connectivity index (χ1n) is 5.85. The van der Waals surface area contributed by atoms with Gasteiger partial charge in [-0.2, -0.15) is 5.26 Å². The summed E-state index contributed by atoms with van der Waals surface area (Å²) < 4.78 is 26.9. The van der Waals surface area contributed by atoms with E-state index in [1.54, 1.807) is 13.0 Å². The van der Waals surface area contributed by atoms with Gasteiger partial charge in [-0.3, -0.25) is 4.72 Å². The molecule has 108 valence electrons. The van der Waals surface area contributed by atoms with E-state index in [9.17, 15) is 13.5 Å². The molecule has 2 aromatic carbocycles. The average molecular weight is 323 g/mol. The minimum absolute atomic E-state index is 0.0614. The number of sulfonamides is 1. The molecule has 0 bridgehead atoms. The number of hydrogen-bond acceptors (Lipinski definition) is 4. The third-order valence-electron chi connectivity index (χ3n) is 2.75. The van der Waals surface area contributed by atoms with Gasteiger partial charge in [0.1, 0.15) is 10.6 Å². The Bertz CT molecular complexity index is 842. The van der Waals surface area contributed by atoms with Crippen molar-refractivity contribution < 1.29 is 13.5 Å². The molecular weight excluding hydrogens is 312 g/mol. The van der Waals surface area contributed by atoms with Crippen LogP contribution < -0.4 is 4.72 Å². The van der Waals surface area contributed by atoms with E-state index in [-0.39, 0.29) is 26.9 Å². The molecule has 0 unspecified atom stereocenters. The van der Waals surface area contributed by atoms with Gasteiger partial charge < -0.3 is 5.11 Å². The Hall–Kier alpha value is -2.23. The van der Waals surface area contributed by atoms with E-state index >= 15 is 0 Å². The minimum atomic E-state index is -3.96. The molecule has 2 aromatic rings. The van der Waals surface area contributed by atoms with Crippen molar-refractivity contribution in [2.75, 3.05) is 4.72 Å². The van der Waals surface area contributed by atoms with Gasteiger partial charge in [-0.1, -0.05) is 17.7 Å². The lowest BCUT2D eigenvalue weighted by Gasteiger charge is -2.11. The van der Waals surface area contributed by atoms with Crippen molar-refractivity contribution in [3.05, 3.63) is 52.5 Å². The Kier molecular flexibility index (Phi) is 4.07. The standard InChI is InChI=1S/C14H11ClN2O3S/c1-9-2-4-13(18)12(6-9)17-21(19,20)14-5-3-10(8-16)7-11(14)15/h2-7,17-18H,1H3. The van der Waals surface area contributed by atoms with Gasteiger partial charge in [-0.15, -0.1) is 0 Å². The number of halogens is 1. The molecule has 0 heterocycles. The molecule has 0 aliphatic rings.